The van der Waals surface area contributed by atoms with E-state index in [0.29, 0.717) is 0 Å². The van der Waals surface area contributed by atoms with Crippen LogP contribution in [0.2, 0.25) is 0 Å². The molecule has 80 valence electrons. The molecule has 0 aliphatic carbocycles. The first kappa shape index (κ1) is 9.21. The molecule has 2 aromatic heterocycles. The average molecular weight is 212 g/mol. The molecule has 3 rings (SSSR count). The third kappa shape index (κ3) is 1.18. The number of hydrogen-bond donors (Lipinski definition) is 0. The van der Waals surface area contributed by atoms with Crippen LogP contribution < -0.4 is 4.57 Å². The van der Waals surface area contributed by atoms with Crippen molar-refractivity contribution in [2.24, 2.45) is 7.05 Å². The van der Waals surface area contributed by atoms with E-state index < -0.39 is 0 Å². The van der Waals surface area contributed by atoms with E-state index in [1.807, 2.05) is 0 Å². The SMILES string of the molecule is Cc1ccccc1-n1ccn2cc[n+](C)c12. The Kier molecular flexibility index (Phi) is 1.86. The third-order valence-corrected chi connectivity index (χ3v) is 2.96. The van der Waals surface area contributed by atoms with Gasteiger partial charge in [-0.05, 0) is 18.6 Å². The first-order valence-corrected chi connectivity index (χ1v) is 5.37. The standard InChI is InChI=1S/C13H14N3/c1-11-5-3-4-6-12(11)16-10-9-15-8-7-14(2)13(15)16/h3-10H,1-2H3/q+1. The molecule has 0 saturated carbocycles. The molecule has 0 amide bonds. The van der Waals surface area contributed by atoms with Gasteiger partial charge in [0.1, 0.15) is 24.3 Å². The van der Waals surface area contributed by atoms with Crippen LogP contribution in [0.25, 0.3) is 11.5 Å². The van der Waals surface area contributed by atoms with Crippen LogP contribution in [0.5, 0.6) is 0 Å². The number of para-hydroxylation sites is 1. The van der Waals surface area contributed by atoms with Crippen LogP contribution in [0, 0.1) is 6.92 Å². The molecule has 0 N–H and O–H groups in total. The van der Waals surface area contributed by atoms with Gasteiger partial charge in [-0.25, -0.2) is 13.5 Å². The zero-order valence-electron chi connectivity index (χ0n) is 9.46. The minimum absolute atomic E-state index is 1.16. The van der Waals surface area contributed by atoms with E-state index in [0.717, 1.165) is 5.78 Å². The maximum atomic E-state index is 2.20. The number of benzene rings is 1. The van der Waals surface area contributed by atoms with Crippen LogP contribution in [0.1, 0.15) is 5.56 Å². The largest absolute Gasteiger partial charge is 0.373 e. The summed E-state index contributed by atoms with van der Waals surface area (Å²) in [5.41, 5.74) is 2.51. The maximum Gasteiger partial charge on any atom is 0.373 e. The summed E-state index contributed by atoms with van der Waals surface area (Å²) in [6, 6.07) is 8.41. The van der Waals surface area contributed by atoms with Crippen LogP contribution in [-0.2, 0) is 7.05 Å². The normalized spacial score (nSPS) is 11.1. The number of hydrogen-bond acceptors (Lipinski definition) is 0. The lowest BCUT2D eigenvalue weighted by Crippen LogP contribution is -2.28. The van der Waals surface area contributed by atoms with Crippen molar-refractivity contribution >= 4 is 5.78 Å². The van der Waals surface area contributed by atoms with Gasteiger partial charge in [0.2, 0.25) is 0 Å². The Hall–Kier alpha value is -2.03. The molecule has 0 unspecified atom stereocenters. The topological polar surface area (TPSA) is 13.2 Å². The number of aryl methyl sites for hydroxylation is 2. The predicted octanol–water partition coefficient (Wildman–Crippen LogP) is 1.86. The molecular formula is C13H14N3+. The Bertz CT molecular complexity index is 646. The fraction of sp³-hybridized carbons (Fsp3) is 0.154. The molecular weight excluding hydrogens is 198 g/mol. The van der Waals surface area contributed by atoms with Gasteiger partial charge in [-0.2, -0.15) is 0 Å². The highest BCUT2D eigenvalue weighted by Gasteiger charge is 2.15. The van der Waals surface area contributed by atoms with Crippen LogP contribution in [0.3, 0.4) is 0 Å². The maximum absolute atomic E-state index is 2.20. The lowest BCUT2D eigenvalue weighted by atomic mass is 10.2. The van der Waals surface area contributed by atoms with Gasteiger partial charge in [-0.3, -0.25) is 0 Å². The third-order valence-electron chi connectivity index (χ3n) is 2.96. The number of aromatic nitrogens is 3. The zero-order valence-corrected chi connectivity index (χ0v) is 9.46. The molecule has 0 radical (unpaired) electrons. The van der Waals surface area contributed by atoms with Gasteiger partial charge in [-0.15, -0.1) is 0 Å². The van der Waals surface area contributed by atoms with E-state index in [1.54, 1.807) is 0 Å². The Morgan fingerprint density at radius 3 is 2.69 bits per heavy atom. The molecule has 3 nitrogen and oxygen atoms in total. The van der Waals surface area contributed by atoms with Crippen molar-refractivity contribution in [3.63, 3.8) is 0 Å². The van der Waals surface area contributed by atoms with E-state index in [-0.39, 0.29) is 0 Å². The minimum Gasteiger partial charge on any atom is -0.237 e. The highest BCUT2D eigenvalue weighted by molar-refractivity contribution is 5.46. The monoisotopic (exact) mass is 212 g/mol. The molecule has 16 heavy (non-hydrogen) atoms. The summed E-state index contributed by atoms with van der Waals surface area (Å²) in [6.07, 6.45) is 8.29. The highest BCUT2D eigenvalue weighted by atomic mass is 15.2. The van der Waals surface area contributed by atoms with E-state index in [2.05, 4.69) is 76.6 Å². The molecule has 0 bridgehead atoms. The quantitative estimate of drug-likeness (QED) is 0.546. The summed E-state index contributed by atoms with van der Waals surface area (Å²) < 4.78 is 6.44. The van der Waals surface area contributed by atoms with Gasteiger partial charge < -0.3 is 0 Å². The summed E-state index contributed by atoms with van der Waals surface area (Å²) in [7, 11) is 2.06. The van der Waals surface area contributed by atoms with Gasteiger partial charge in [0, 0.05) is 0 Å². The second kappa shape index (κ2) is 3.23. The van der Waals surface area contributed by atoms with Crippen molar-refractivity contribution in [2.75, 3.05) is 0 Å². The molecule has 0 aliphatic rings. The van der Waals surface area contributed by atoms with E-state index in [1.165, 1.54) is 11.3 Å². The fourth-order valence-corrected chi connectivity index (χ4v) is 2.12. The van der Waals surface area contributed by atoms with Gasteiger partial charge >= 0.3 is 5.78 Å². The second-order valence-corrected chi connectivity index (χ2v) is 4.07. The zero-order chi connectivity index (χ0) is 11.1. The molecule has 0 fully saturated rings. The van der Waals surface area contributed by atoms with Gasteiger partial charge in [-0.1, -0.05) is 18.2 Å². The van der Waals surface area contributed by atoms with Crippen molar-refractivity contribution < 1.29 is 4.57 Å². The van der Waals surface area contributed by atoms with Crippen molar-refractivity contribution in [1.82, 2.24) is 8.97 Å². The van der Waals surface area contributed by atoms with Gasteiger partial charge in [0.15, 0.2) is 0 Å². The number of fused-ring (bicyclic) bond motifs is 1. The molecule has 2 heterocycles. The van der Waals surface area contributed by atoms with Crippen molar-refractivity contribution in [3.05, 3.63) is 54.6 Å². The van der Waals surface area contributed by atoms with Crippen LogP contribution in [0.4, 0.5) is 0 Å². The Balaban J connectivity index is 2.34. The second-order valence-electron chi connectivity index (χ2n) is 4.07. The minimum atomic E-state index is 1.16. The Morgan fingerprint density at radius 2 is 1.88 bits per heavy atom. The Morgan fingerprint density at radius 1 is 1.06 bits per heavy atom. The highest BCUT2D eigenvalue weighted by Crippen LogP contribution is 2.15. The number of rotatable bonds is 1. The van der Waals surface area contributed by atoms with Gasteiger partial charge in [0.25, 0.3) is 0 Å². The van der Waals surface area contributed by atoms with E-state index >= 15 is 0 Å². The van der Waals surface area contributed by atoms with Crippen LogP contribution >= 0.6 is 0 Å². The molecule has 3 heteroatoms. The van der Waals surface area contributed by atoms with E-state index in [9.17, 15) is 0 Å². The summed E-state index contributed by atoms with van der Waals surface area (Å²) in [5.74, 6) is 1.16. The lowest BCUT2D eigenvalue weighted by molar-refractivity contribution is -0.646. The smallest absolute Gasteiger partial charge is 0.237 e. The number of imidazole rings is 2. The number of nitrogens with zero attached hydrogens (tertiary/aromatic N) is 3. The molecule has 0 aliphatic heterocycles. The fourth-order valence-electron chi connectivity index (χ4n) is 2.12. The average Bonchev–Trinajstić information content (AvgIpc) is 2.83. The Labute approximate surface area is 94.2 Å². The molecule has 0 saturated heterocycles. The van der Waals surface area contributed by atoms with Crippen molar-refractivity contribution in [1.29, 1.82) is 0 Å². The molecule has 1 aromatic carbocycles. The summed E-state index contributed by atoms with van der Waals surface area (Å²) in [5, 5.41) is 0. The predicted molar refractivity (Wildman–Crippen MR) is 62.6 cm³/mol. The summed E-state index contributed by atoms with van der Waals surface area (Å²) >= 11 is 0. The first-order valence-electron chi connectivity index (χ1n) is 5.37. The van der Waals surface area contributed by atoms with Crippen LogP contribution in [0.15, 0.2) is 49.1 Å². The van der Waals surface area contributed by atoms with Crippen molar-refractivity contribution in [2.45, 2.75) is 6.92 Å². The van der Waals surface area contributed by atoms with Gasteiger partial charge in [0.05, 0.1) is 13.2 Å². The lowest BCUT2D eigenvalue weighted by Gasteiger charge is -2.02. The van der Waals surface area contributed by atoms with E-state index in [4.69, 9.17) is 0 Å². The molecule has 0 atom stereocenters. The van der Waals surface area contributed by atoms with Crippen molar-refractivity contribution in [3.8, 4) is 5.69 Å². The summed E-state index contributed by atoms with van der Waals surface area (Å²) in [4.78, 5) is 0. The van der Waals surface area contributed by atoms with Crippen LogP contribution in [-0.4, -0.2) is 8.97 Å². The molecule has 3 aromatic rings. The summed E-state index contributed by atoms with van der Waals surface area (Å²) in [6.45, 7) is 2.13. The molecule has 0 spiro atoms. The first-order chi connectivity index (χ1) is 7.77.